The van der Waals surface area contributed by atoms with Crippen molar-refractivity contribution in [3.63, 3.8) is 0 Å². The van der Waals surface area contributed by atoms with Crippen LogP contribution in [-0.2, 0) is 26.2 Å². The second kappa shape index (κ2) is 11.2. The van der Waals surface area contributed by atoms with Crippen LogP contribution in [0, 0.1) is 5.82 Å². The number of benzene rings is 2. The molecule has 0 radical (unpaired) electrons. The first-order chi connectivity index (χ1) is 15.3. The molecule has 0 saturated heterocycles. The number of hydrogen-bond acceptors (Lipinski definition) is 4. The van der Waals surface area contributed by atoms with E-state index in [9.17, 15) is 22.4 Å². The van der Waals surface area contributed by atoms with E-state index in [1.807, 2.05) is 0 Å². The Kier molecular flexibility index (Phi) is 9.11. The van der Waals surface area contributed by atoms with Crippen LogP contribution >= 0.6 is 23.2 Å². The quantitative estimate of drug-likeness (QED) is 0.547. The molecule has 2 amide bonds. The fourth-order valence-corrected chi connectivity index (χ4v) is 4.43. The molecule has 1 atom stereocenters. The molecule has 2 rings (SSSR count). The Bertz CT molecular complexity index is 1090. The smallest absolute Gasteiger partial charge is 0.244 e. The first-order valence-corrected chi connectivity index (χ1v) is 12.7. The number of rotatable bonds is 9. The summed E-state index contributed by atoms with van der Waals surface area (Å²) in [4.78, 5) is 27.3. The minimum atomic E-state index is -3.90. The molecule has 0 aliphatic rings. The normalized spacial score (nSPS) is 12.4. The summed E-state index contributed by atoms with van der Waals surface area (Å²) in [6, 6.07) is 8.43. The topological polar surface area (TPSA) is 86.8 Å². The van der Waals surface area contributed by atoms with Crippen molar-refractivity contribution in [2.75, 3.05) is 17.1 Å². The minimum absolute atomic E-state index is 0.113. The van der Waals surface area contributed by atoms with Crippen molar-refractivity contribution in [3.8, 4) is 0 Å². The number of carbonyl (C=O) groups excluding carboxylic acids is 2. The van der Waals surface area contributed by atoms with Crippen LogP contribution in [0.5, 0.6) is 0 Å². The summed E-state index contributed by atoms with van der Waals surface area (Å²) in [6.45, 7) is 4.36. The van der Waals surface area contributed by atoms with Crippen molar-refractivity contribution in [3.05, 3.63) is 63.9 Å². The third-order valence-corrected chi connectivity index (χ3v) is 6.63. The van der Waals surface area contributed by atoms with E-state index in [2.05, 4.69) is 5.32 Å². The van der Waals surface area contributed by atoms with Crippen molar-refractivity contribution in [2.24, 2.45) is 0 Å². The highest BCUT2D eigenvalue weighted by Crippen LogP contribution is 2.27. The van der Waals surface area contributed by atoms with Crippen molar-refractivity contribution >= 4 is 50.7 Å². The van der Waals surface area contributed by atoms with Crippen LogP contribution in [-0.4, -0.2) is 50.0 Å². The Morgan fingerprint density at radius 3 is 2.06 bits per heavy atom. The lowest BCUT2D eigenvalue weighted by Gasteiger charge is -2.32. The van der Waals surface area contributed by atoms with Gasteiger partial charge in [-0.15, -0.1) is 0 Å². The van der Waals surface area contributed by atoms with E-state index >= 15 is 0 Å². The van der Waals surface area contributed by atoms with Gasteiger partial charge in [-0.25, -0.2) is 12.8 Å². The Labute approximate surface area is 203 Å². The molecule has 0 fully saturated rings. The maximum Gasteiger partial charge on any atom is 0.244 e. The van der Waals surface area contributed by atoms with Gasteiger partial charge in [0.05, 0.1) is 11.9 Å². The lowest BCUT2D eigenvalue weighted by Crippen LogP contribution is -2.52. The summed E-state index contributed by atoms with van der Waals surface area (Å²) < 4.78 is 39.1. The number of halogens is 3. The lowest BCUT2D eigenvalue weighted by atomic mass is 10.1. The molecule has 0 aliphatic carbocycles. The lowest BCUT2D eigenvalue weighted by molar-refractivity contribution is -0.139. The number of sulfonamides is 1. The van der Waals surface area contributed by atoms with E-state index in [1.54, 1.807) is 32.0 Å². The van der Waals surface area contributed by atoms with Crippen LogP contribution in [0.25, 0.3) is 0 Å². The van der Waals surface area contributed by atoms with E-state index in [1.165, 1.54) is 24.0 Å². The van der Waals surface area contributed by atoms with Gasteiger partial charge in [-0.05, 0) is 57.2 Å². The first-order valence-electron chi connectivity index (χ1n) is 10.1. The standard InChI is InChI=1S/C22H26Cl2FN3O4S/c1-14(2)26-22(30)15(3)27(12-18-19(23)6-5-7-20(18)24)21(29)13-28(33(4,31)32)17-10-8-16(25)9-11-17/h5-11,14-15H,12-13H2,1-4H3,(H,26,30)/t15-/m1/s1. The first kappa shape index (κ1) is 26.9. The van der Waals surface area contributed by atoms with Gasteiger partial charge in [-0.2, -0.15) is 0 Å². The molecule has 0 bridgehead atoms. The second-order valence-electron chi connectivity index (χ2n) is 7.81. The molecule has 0 saturated carbocycles. The van der Waals surface area contributed by atoms with Gasteiger partial charge >= 0.3 is 0 Å². The maximum atomic E-state index is 13.4. The molecular formula is C22H26Cl2FN3O4S. The summed E-state index contributed by atoms with van der Waals surface area (Å²) in [5, 5.41) is 3.34. The molecule has 0 heterocycles. The maximum absolute atomic E-state index is 13.4. The van der Waals surface area contributed by atoms with Crippen molar-refractivity contribution in [1.29, 1.82) is 0 Å². The van der Waals surface area contributed by atoms with E-state index in [-0.39, 0.29) is 18.3 Å². The number of amides is 2. The van der Waals surface area contributed by atoms with Crippen LogP contribution in [0.3, 0.4) is 0 Å². The van der Waals surface area contributed by atoms with Gasteiger partial charge in [0.15, 0.2) is 0 Å². The highest BCUT2D eigenvalue weighted by atomic mass is 35.5. The summed E-state index contributed by atoms with van der Waals surface area (Å²) in [5.74, 6) is -1.63. The largest absolute Gasteiger partial charge is 0.352 e. The highest BCUT2D eigenvalue weighted by molar-refractivity contribution is 7.92. The molecule has 1 N–H and O–H groups in total. The molecule has 33 heavy (non-hydrogen) atoms. The molecule has 0 aromatic heterocycles. The number of carbonyl (C=O) groups is 2. The number of anilines is 1. The third kappa shape index (κ3) is 7.31. The van der Waals surface area contributed by atoms with Crippen molar-refractivity contribution < 1.29 is 22.4 Å². The molecule has 2 aromatic rings. The molecule has 180 valence electrons. The van der Waals surface area contributed by atoms with Crippen molar-refractivity contribution in [1.82, 2.24) is 10.2 Å². The van der Waals surface area contributed by atoms with E-state index < -0.39 is 40.2 Å². The molecule has 11 heteroatoms. The van der Waals surface area contributed by atoms with Gasteiger partial charge in [0.25, 0.3) is 0 Å². The molecule has 2 aromatic carbocycles. The fourth-order valence-electron chi connectivity index (χ4n) is 3.06. The van der Waals surface area contributed by atoms with Crippen LogP contribution in [0.2, 0.25) is 10.0 Å². The average molecular weight is 518 g/mol. The van der Waals surface area contributed by atoms with Crippen LogP contribution < -0.4 is 9.62 Å². The molecular weight excluding hydrogens is 492 g/mol. The Hall–Kier alpha value is -2.36. The van der Waals surface area contributed by atoms with Crippen molar-refractivity contribution in [2.45, 2.75) is 39.4 Å². The molecule has 7 nitrogen and oxygen atoms in total. The average Bonchev–Trinajstić information content (AvgIpc) is 2.70. The Balaban J connectivity index is 2.44. The summed E-state index contributed by atoms with van der Waals surface area (Å²) in [6.07, 6.45) is 0.938. The zero-order valence-electron chi connectivity index (χ0n) is 18.7. The number of nitrogens with one attached hydrogen (secondary N) is 1. The van der Waals surface area contributed by atoms with Gasteiger partial charge < -0.3 is 10.2 Å². The predicted octanol–water partition coefficient (Wildman–Crippen LogP) is 3.84. The van der Waals surface area contributed by atoms with E-state index in [0.717, 1.165) is 22.7 Å². The predicted molar refractivity (Wildman–Crippen MR) is 128 cm³/mol. The second-order valence-corrected chi connectivity index (χ2v) is 10.5. The van der Waals surface area contributed by atoms with Gasteiger partial charge in [0.2, 0.25) is 21.8 Å². The number of nitrogens with zero attached hydrogens (tertiary/aromatic N) is 2. The SMILES string of the molecule is CC(C)NC(=O)[C@@H](C)N(Cc1c(Cl)cccc1Cl)C(=O)CN(c1ccc(F)cc1)S(C)(=O)=O. The summed E-state index contributed by atoms with van der Waals surface area (Å²) in [7, 11) is -3.90. The van der Waals surface area contributed by atoms with Gasteiger partial charge in [0, 0.05) is 28.2 Å². The fraction of sp³-hybridized carbons (Fsp3) is 0.364. The minimum Gasteiger partial charge on any atom is -0.352 e. The van der Waals surface area contributed by atoms with Crippen LogP contribution in [0.1, 0.15) is 26.3 Å². The Morgan fingerprint density at radius 2 is 1.58 bits per heavy atom. The highest BCUT2D eigenvalue weighted by Gasteiger charge is 2.31. The Morgan fingerprint density at radius 1 is 1.03 bits per heavy atom. The zero-order chi connectivity index (χ0) is 24.9. The zero-order valence-corrected chi connectivity index (χ0v) is 21.0. The molecule has 0 aliphatic heterocycles. The van der Waals surface area contributed by atoms with Gasteiger partial charge in [0.1, 0.15) is 18.4 Å². The van der Waals surface area contributed by atoms with Gasteiger partial charge in [-0.1, -0.05) is 29.3 Å². The van der Waals surface area contributed by atoms with E-state index in [4.69, 9.17) is 23.2 Å². The number of hydrogen-bond donors (Lipinski definition) is 1. The monoisotopic (exact) mass is 517 g/mol. The van der Waals surface area contributed by atoms with Crippen LogP contribution in [0.4, 0.5) is 10.1 Å². The molecule has 0 spiro atoms. The van der Waals surface area contributed by atoms with Gasteiger partial charge in [-0.3, -0.25) is 13.9 Å². The van der Waals surface area contributed by atoms with Crippen LogP contribution in [0.15, 0.2) is 42.5 Å². The van der Waals surface area contributed by atoms with E-state index in [0.29, 0.717) is 15.6 Å². The molecule has 0 unspecified atom stereocenters. The third-order valence-electron chi connectivity index (χ3n) is 4.78. The summed E-state index contributed by atoms with van der Waals surface area (Å²) >= 11 is 12.5. The summed E-state index contributed by atoms with van der Waals surface area (Å²) in [5.41, 5.74) is 0.535.